The normalized spacial score (nSPS) is 13.0. The summed E-state index contributed by atoms with van der Waals surface area (Å²) in [7, 11) is 0. The van der Waals surface area contributed by atoms with E-state index in [1.807, 2.05) is 13.1 Å². The molecule has 0 radical (unpaired) electrons. The summed E-state index contributed by atoms with van der Waals surface area (Å²) < 4.78 is 3.47. The summed E-state index contributed by atoms with van der Waals surface area (Å²) in [5, 5.41) is 9.54. The van der Waals surface area contributed by atoms with Gasteiger partial charge in [0.2, 0.25) is 0 Å². The van der Waals surface area contributed by atoms with E-state index in [0.717, 1.165) is 5.82 Å². The molecule has 0 aliphatic heterocycles. The predicted octanol–water partition coefficient (Wildman–Crippen LogP) is 0.970. The van der Waals surface area contributed by atoms with Crippen LogP contribution in [0.5, 0.6) is 0 Å². The molecule has 5 heteroatoms. The Morgan fingerprint density at radius 1 is 1.50 bits per heavy atom. The van der Waals surface area contributed by atoms with Crippen LogP contribution >= 0.6 is 0 Å². The van der Waals surface area contributed by atoms with Crippen LogP contribution in [0.2, 0.25) is 0 Å². The van der Waals surface area contributed by atoms with Gasteiger partial charge in [-0.1, -0.05) is 6.92 Å². The van der Waals surface area contributed by atoms with E-state index in [1.165, 1.54) is 0 Å². The predicted molar refractivity (Wildman–Crippen MR) is 50.9 cm³/mol. The van der Waals surface area contributed by atoms with Gasteiger partial charge in [-0.3, -0.25) is 4.57 Å². The van der Waals surface area contributed by atoms with Crippen molar-refractivity contribution >= 4 is 0 Å². The van der Waals surface area contributed by atoms with Gasteiger partial charge in [-0.15, -0.1) is 0 Å². The Hall–Kier alpha value is -1.62. The van der Waals surface area contributed by atoms with Gasteiger partial charge >= 0.3 is 0 Å². The van der Waals surface area contributed by atoms with Crippen molar-refractivity contribution in [3.05, 3.63) is 31.2 Å². The zero-order valence-corrected chi connectivity index (χ0v) is 7.91. The molecule has 1 atom stereocenters. The number of nitrogens with zero attached hydrogens (tertiary/aromatic N) is 4. The lowest BCUT2D eigenvalue weighted by atomic mass is 10.4. The lowest BCUT2D eigenvalue weighted by Crippen LogP contribution is -2.03. The highest BCUT2D eigenvalue weighted by Crippen LogP contribution is 2.10. The first-order chi connectivity index (χ1) is 6.81. The lowest BCUT2D eigenvalue weighted by molar-refractivity contribution is 0.0998. The Morgan fingerprint density at radius 2 is 2.36 bits per heavy atom. The molecule has 2 heterocycles. The van der Waals surface area contributed by atoms with E-state index >= 15 is 0 Å². The van der Waals surface area contributed by atoms with Crippen molar-refractivity contribution in [1.82, 2.24) is 19.1 Å². The molecule has 0 aliphatic rings. The molecule has 2 aromatic rings. The molecule has 5 nitrogen and oxygen atoms in total. The number of hydrogen-bond donors (Lipinski definition) is 1. The topological polar surface area (TPSA) is 55.9 Å². The van der Waals surface area contributed by atoms with Crippen LogP contribution in [0.1, 0.15) is 19.6 Å². The fraction of sp³-hybridized carbons (Fsp3) is 0.333. The summed E-state index contributed by atoms with van der Waals surface area (Å²) in [6, 6.07) is 0. The van der Waals surface area contributed by atoms with Crippen molar-refractivity contribution in [3.63, 3.8) is 0 Å². The van der Waals surface area contributed by atoms with Crippen molar-refractivity contribution < 1.29 is 5.11 Å². The van der Waals surface area contributed by atoms with Gasteiger partial charge in [-0.25, -0.2) is 9.97 Å². The quantitative estimate of drug-likeness (QED) is 0.788. The van der Waals surface area contributed by atoms with Gasteiger partial charge in [0.1, 0.15) is 12.6 Å². The molecule has 0 aliphatic carbocycles. The van der Waals surface area contributed by atoms with Crippen molar-refractivity contribution in [2.24, 2.45) is 0 Å². The van der Waals surface area contributed by atoms with E-state index in [2.05, 4.69) is 9.97 Å². The molecule has 1 N–H and O–H groups in total. The van der Waals surface area contributed by atoms with Crippen LogP contribution in [0, 0.1) is 0 Å². The molecule has 1 unspecified atom stereocenters. The van der Waals surface area contributed by atoms with Crippen LogP contribution in [0.3, 0.4) is 0 Å². The van der Waals surface area contributed by atoms with E-state index in [9.17, 15) is 5.11 Å². The third-order valence-electron chi connectivity index (χ3n) is 2.07. The Bertz CT molecular complexity index is 393. The SMILES string of the molecule is CCC(O)n1cnc(-n2ccnc2)c1. The number of aliphatic hydroxyl groups excluding tert-OH is 1. The minimum atomic E-state index is -0.500. The van der Waals surface area contributed by atoms with Gasteiger partial charge in [0, 0.05) is 12.4 Å². The number of aromatic nitrogens is 4. The van der Waals surface area contributed by atoms with Crippen molar-refractivity contribution in [3.8, 4) is 5.82 Å². The first-order valence-corrected chi connectivity index (χ1v) is 4.51. The number of aliphatic hydroxyl groups is 1. The molecular weight excluding hydrogens is 180 g/mol. The second-order valence-corrected chi connectivity index (χ2v) is 3.04. The molecule has 0 fully saturated rings. The number of rotatable bonds is 3. The van der Waals surface area contributed by atoms with Gasteiger partial charge in [-0.05, 0) is 6.42 Å². The van der Waals surface area contributed by atoms with E-state index < -0.39 is 6.23 Å². The molecule has 0 amide bonds. The maximum absolute atomic E-state index is 9.54. The molecule has 0 spiro atoms. The molecule has 0 bridgehead atoms. The van der Waals surface area contributed by atoms with Gasteiger partial charge in [0.15, 0.2) is 5.82 Å². The fourth-order valence-corrected chi connectivity index (χ4v) is 1.23. The second kappa shape index (κ2) is 3.63. The Balaban J connectivity index is 2.26. The van der Waals surface area contributed by atoms with Crippen LogP contribution < -0.4 is 0 Å². The Morgan fingerprint density at radius 3 is 3.00 bits per heavy atom. The molecule has 0 saturated carbocycles. The molecular formula is C9H12N4O. The average molecular weight is 192 g/mol. The summed E-state index contributed by atoms with van der Waals surface area (Å²) in [6.45, 7) is 1.92. The summed E-state index contributed by atoms with van der Waals surface area (Å²) in [6.07, 6.45) is 8.74. The summed E-state index contributed by atoms with van der Waals surface area (Å²) >= 11 is 0. The highest BCUT2D eigenvalue weighted by molar-refractivity contribution is 5.17. The summed E-state index contributed by atoms with van der Waals surface area (Å²) in [5.41, 5.74) is 0. The van der Waals surface area contributed by atoms with E-state index in [-0.39, 0.29) is 0 Å². The number of imidazole rings is 2. The third-order valence-corrected chi connectivity index (χ3v) is 2.07. The molecule has 2 rings (SSSR count). The zero-order valence-electron chi connectivity index (χ0n) is 7.91. The fourth-order valence-electron chi connectivity index (χ4n) is 1.23. The van der Waals surface area contributed by atoms with Gasteiger partial charge in [0.25, 0.3) is 0 Å². The van der Waals surface area contributed by atoms with E-state index in [0.29, 0.717) is 6.42 Å². The highest BCUT2D eigenvalue weighted by atomic mass is 16.3. The minimum Gasteiger partial charge on any atom is -0.373 e. The van der Waals surface area contributed by atoms with Crippen LogP contribution in [-0.2, 0) is 0 Å². The Labute approximate surface area is 81.7 Å². The number of hydrogen-bond acceptors (Lipinski definition) is 3. The molecule has 74 valence electrons. The van der Waals surface area contributed by atoms with Gasteiger partial charge in [0.05, 0.1) is 12.5 Å². The zero-order chi connectivity index (χ0) is 9.97. The van der Waals surface area contributed by atoms with Crippen LogP contribution in [-0.4, -0.2) is 24.2 Å². The molecule has 2 aromatic heterocycles. The molecule has 0 aromatic carbocycles. The van der Waals surface area contributed by atoms with Crippen LogP contribution in [0.4, 0.5) is 0 Å². The van der Waals surface area contributed by atoms with Crippen LogP contribution in [0.15, 0.2) is 31.2 Å². The van der Waals surface area contributed by atoms with Gasteiger partial charge < -0.3 is 9.67 Å². The molecule has 14 heavy (non-hydrogen) atoms. The molecule has 0 saturated heterocycles. The second-order valence-electron chi connectivity index (χ2n) is 3.04. The minimum absolute atomic E-state index is 0.500. The lowest BCUT2D eigenvalue weighted by Gasteiger charge is -2.07. The third kappa shape index (κ3) is 1.54. The van der Waals surface area contributed by atoms with Gasteiger partial charge in [-0.2, -0.15) is 0 Å². The summed E-state index contributed by atoms with van der Waals surface area (Å²) in [5.74, 6) is 0.759. The first-order valence-electron chi connectivity index (χ1n) is 4.51. The van der Waals surface area contributed by atoms with Crippen molar-refractivity contribution in [2.75, 3.05) is 0 Å². The average Bonchev–Trinajstić information content (AvgIpc) is 2.86. The highest BCUT2D eigenvalue weighted by Gasteiger charge is 2.05. The standard InChI is InChI=1S/C9H12N4O/c1-2-9(14)13-5-8(11-7-13)12-4-3-10-6-12/h3-7,9,14H,2H2,1H3. The largest absolute Gasteiger partial charge is 0.373 e. The maximum atomic E-state index is 9.54. The van der Waals surface area contributed by atoms with E-state index in [4.69, 9.17) is 0 Å². The van der Waals surface area contributed by atoms with Crippen LogP contribution in [0.25, 0.3) is 5.82 Å². The smallest absolute Gasteiger partial charge is 0.156 e. The Kier molecular flexibility index (Phi) is 2.32. The van der Waals surface area contributed by atoms with Crippen molar-refractivity contribution in [2.45, 2.75) is 19.6 Å². The maximum Gasteiger partial charge on any atom is 0.156 e. The summed E-state index contributed by atoms with van der Waals surface area (Å²) in [4.78, 5) is 8.08. The monoisotopic (exact) mass is 192 g/mol. The van der Waals surface area contributed by atoms with Crippen molar-refractivity contribution in [1.29, 1.82) is 0 Å². The van der Waals surface area contributed by atoms with E-state index in [1.54, 1.807) is 34.2 Å². The first kappa shape index (κ1) is 8.96.